The van der Waals surface area contributed by atoms with Crippen molar-refractivity contribution in [2.24, 2.45) is 17.3 Å². The fourth-order valence-electron chi connectivity index (χ4n) is 8.51. The zero-order valence-electron chi connectivity index (χ0n) is 38.5. The lowest BCUT2D eigenvalue weighted by atomic mass is 9.65. The quantitative estimate of drug-likeness (QED) is 0.0260. The van der Waals surface area contributed by atoms with Gasteiger partial charge in [0.05, 0.1) is 24.5 Å². The van der Waals surface area contributed by atoms with E-state index in [9.17, 15) is 14.4 Å². The number of benzene rings is 3. The van der Waals surface area contributed by atoms with Crippen molar-refractivity contribution in [3.63, 3.8) is 0 Å². The van der Waals surface area contributed by atoms with Crippen LogP contribution in [0, 0.1) is 17.3 Å². The smallest absolute Gasteiger partial charge is 0.410 e. The molecule has 14 heteroatoms. The minimum absolute atomic E-state index is 0.0239. The van der Waals surface area contributed by atoms with Crippen LogP contribution in [0.4, 0.5) is 9.59 Å². The predicted molar refractivity (Wildman–Crippen MR) is 257 cm³/mol. The fourth-order valence-corrected chi connectivity index (χ4v) is 13.5. The van der Waals surface area contributed by atoms with E-state index in [1.165, 1.54) is 22.0 Å². The minimum Gasteiger partial charge on any atom is -0.457 e. The number of likely N-dealkylation sites (tertiary alicyclic amines) is 2. The highest BCUT2D eigenvalue weighted by Gasteiger charge is 2.58. The first-order valence-corrected chi connectivity index (χ1v) is 26.3. The van der Waals surface area contributed by atoms with Crippen molar-refractivity contribution >= 4 is 67.1 Å². The van der Waals surface area contributed by atoms with Crippen LogP contribution in [0.2, 0.25) is 13.1 Å². The number of allylic oxidation sites excluding steroid dienone is 1. The van der Waals surface area contributed by atoms with Gasteiger partial charge in [0.1, 0.15) is 24.7 Å². The molecule has 0 unspecified atom stereocenters. The highest BCUT2D eigenvalue weighted by atomic mass is 31.2. The van der Waals surface area contributed by atoms with Crippen LogP contribution in [0.5, 0.6) is 0 Å². The molecule has 3 aromatic carbocycles. The lowest BCUT2D eigenvalue weighted by Gasteiger charge is -2.54. The number of hydrogen-bond donors (Lipinski definition) is 0. The third-order valence-corrected chi connectivity index (χ3v) is 16.8. The molecule has 5 atom stereocenters. The summed E-state index contributed by atoms with van der Waals surface area (Å²) in [5.74, 6) is -2.29. The Kier molecular flexibility index (Phi) is 17.0. The molecule has 342 valence electrons. The lowest BCUT2D eigenvalue weighted by molar-refractivity contribution is -0.160. The Bertz CT molecular complexity index is 2140. The zero-order valence-corrected chi connectivity index (χ0v) is 40.5. The second kappa shape index (κ2) is 21.9. The third-order valence-electron chi connectivity index (χ3n) is 11.7. The summed E-state index contributed by atoms with van der Waals surface area (Å²) in [5, 5.41) is 2.48. The van der Waals surface area contributed by atoms with Crippen LogP contribution in [0.3, 0.4) is 0 Å². The number of ether oxygens (including phenoxy) is 3. The Hall–Kier alpha value is -5.49. The second-order valence-corrected chi connectivity index (χ2v) is 23.5. The number of amides is 3. The van der Waals surface area contributed by atoms with Gasteiger partial charge in [0.2, 0.25) is 5.91 Å². The van der Waals surface area contributed by atoms with Gasteiger partial charge in [-0.15, -0.1) is 0 Å². The monoisotopic (exact) mass is 909 g/mol. The summed E-state index contributed by atoms with van der Waals surface area (Å²) in [5.41, 5.74) is 0.0710. The van der Waals surface area contributed by atoms with E-state index in [2.05, 4.69) is 47.0 Å². The van der Waals surface area contributed by atoms with Crippen LogP contribution in [0.1, 0.15) is 40.5 Å². The number of ketones is 1. The van der Waals surface area contributed by atoms with Crippen molar-refractivity contribution in [2.45, 2.75) is 71.8 Å². The molecule has 12 nitrogen and oxygen atoms in total. The number of rotatable bonds is 18. The summed E-state index contributed by atoms with van der Waals surface area (Å²) in [6.45, 7) is 16.5. The minimum atomic E-state index is -3.28. The van der Waals surface area contributed by atoms with E-state index in [0.29, 0.717) is 12.2 Å². The van der Waals surface area contributed by atoms with Crippen molar-refractivity contribution < 1.29 is 42.6 Å². The molecule has 2 aliphatic heterocycles. The molecule has 5 rings (SSSR count). The maximum absolute atomic E-state index is 15.5. The van der Waals surface area contributed by atoms with E-state index in [1.54, 1.807) is 32.0 Å². The highest BCUT2D eigenvalue weighted by molar-refractivity contribution is 7.96. The molecule has 3 aromatic rings. The highest BCUT2D eigenvalue weighted by Crippen LogP contribution is 2.52. The SMILES string of the molecule is C=CCOC(=O)C(N1C(=O)[C@@H]([C@@H](CO[SiH](C)C)C(C)(C)C)[C@H]1CC(=O)C(C)=C[C@@H]1C[C@@H](OC(=O)N(C)C)CN1C(=O)OCC=C)=P(c1ccccc1)(c1ccccc1)c1ccccc1. The Balaban J connectivity index is 1.75. The van der Waals surface area contributed by atoms with Gasteiger partial charge in [-0.25, -0.2) is 14.4 Å². The average Bonchev–Trinajstić information content (AvgIpc) is 3.67. The number of hydrogen-bond acceptors (Lipinski definition) is 9. The summed E-state index contributed by atoms with van der Waals surface area (Å²) < 4.78 is 23.5. The summed E-state index contributed by atoms with van der Waals surface area (Å²) in [6.07, 6.45) is 2.90. The molecular formula is C50H64N3O9PSi. The van der Waals surface area contributed by atoms with Gasteiger partial charge in [-0.05, 0) is 52.8 Å². The molecule has 0 aromatic heterocycles. The Morgan fingerprint density at radius 1 is 0.859 bits per heavy atom. The Morgan fingerprint density at radius 2 is 1.38 bits per heavy atom. The van der Waals surface area contributed by atoms with Crippen LogP contribution >= 0.6 is 6.89 Å². The maximum Gasteiger partial charge on any atom is 0.410 e. The van der Waals surface area contributed by atoms with Gasteiger partial charge in [0.15, 0.2) is 14.8 Å². The van der Waals surface area contributed by atoms with E-state index >= 15 is 9.59 Å². The number of β-lactam (4-membered cyclic amide) rings is 1. The number of carbonyl (C=O) groups is 5. The first-order chi connectivity index (χ1) is 30.5. The molecule has 2 fully saturated rings. The first-order valence-electron chi connectivity index (χ1n) is 21.8. The molecule has 0 aliphatic carbocycles. The predicted octanol–water partition coefficient (Wildman–Crippen LogP) is 6.70. The molecule has 0 radical (unpaired) electrons. The number of esters is 1. The molecule has 0 N–H and O–H groups in total. The van der Waals surface area contributed by atoms with Crippen molar-refractivity contribution in [3.8, 4) is 0 Å². The van der Waals surface area contributed by atoms with Gasteiger partial charge in [-0.3, -0.25) is 14.5 Å². The Morgan fingerprint density at radius 3 is 1.84 bits per heavy atom. The summed E-state index contributed by atoms with van der Waals surface area (Å²) >= 11 is 0. The fraction of sp³-hybridized carbons (Fsp3) is 0.400. The molecule has 2 heterocycles. The van der Waals surface area contributed by atoms with Crippen LogP contribution in [-0.4, -0.2) is 118 Å². The summed E-state index contributed by atoms with van der Waals surface area (Å²) in [7, 11) is 1.59. The standard InChI is InChI=1S/C50H64N3O9PSi/c1-11-28-59-47(56)46(63(38-22-16-13-17-23-38,39-24-18-14-19-25-39)40-26-20-15-21-27-40)53-42(44(45(53)55)41(50(4,5)6)34-61-64(9)10)32-43(54)35(3)30-36-31-37(62-48(57)51(7)8)33-52(36)49(58)60-29-12-2/h11-27,30,36-37,41-42,44,64H,1-2,28-29,31-34H2,3-10H3/t36-,37-,41-,42-,44+/m1/s1. The normalized spacial score (nSPS) is 19.3. The van der Waals surface area contributed by atoms with Crippen molar-refractivity contribution in [3.05, 3.63) is 128 Å². The maximum atomic E-state index is 15.5. The van der Waals surface area contributed by atoms with E-state index in [0.717, 1.165) is 15.9 Å². The molecule has 3 amide bonds. The van der Waals surface area contributed by atoms with Gasteiger partial charge in [0.25, 0.3) is 0 Å². The third kappa shape index (κ3) is 11.1. The van der Waals surface area contributed by atoms with Crippen molar-refractivity contribution in [2.75, 3.05) is 40.5 Å². The molecule has 0 bridgehead atoms. The largest absolute Gasteiger partial charge is 0.457 e. The summed E-state index contributed by atoms with van der Waals surface area (Å²) in [4.78, 5) is 75.7. The second-order valence-electron chi connectivity index (χ2n) is 17.7. The number of nitrogens with zero attached hydrogens (tertiary/aromatic N) is 3. The van der Waals surface area contributed by atoms with Gasteiger partial charge in [0, 0.05) is 40.4 Å². The zero-order chi connectivity index (χ0) is 46.8. The van der Waals surface area contributed by atoms with Gasteiger partial charge in [-0.2, -0.15) is 0 Å². The molecule has 2 aliphatic rings. The molecule has 64 heavy (non-hydrogen) atoms. The van der Waals surface area contributed by atoms with Gasteiger partial charge in [-0.1, -0.05) is 143 Å². The van der Waals surface area contributed by atoms with E-state index < -0.39 is 63.6 Å². The van der Waals surface area contributed by atoms with E-state index in [4.69, 9.17) is 18.6 Å². The summed E-state index contributed by atoms with van der Waals surface area (Å²) in [6, 6.07) is 27.7. The Labute approximate surface area is 380 Å². The van der Waals surface area contributed by atoms with E-state index in [-0.39, 0.29) is 55.6 Å². The average molecular weight is 910 g/mol. The van der Waals surface area contributed by atoms with Crippen LogP contribution in [-0.2, 0) is 33.0 Å². The van der Waals surface area contributed by atoms with Crippen molar-refractivity contribution in [1.82, 2.24) is 14.7 Å². The first kappa shape index (κ1) is 49.5. The van der Waals surface area contributed by atoms with Crippen LogP contribution < -0.4 is 15.9 Å². The van der Waals surface area contributed by atoms with Crippen LogP contribution in [0.25, 0.3) is 0 Å². The number of Topliss-reactive ketones (excluding diaryl/α,β-unsaturated/α-hetero) is 1. The van der Waals surface area contributed by atoms with E-state index in [1.807, 2.05) is 91.0 Å². The van der Waals surface area contributed by atoms with Crippen molar-refractivity contribution in [1.29, 1.82) is 0 Å². The molecule has 2 saturated heterocycles. The molecule has 0 spiro atoms. The topological polar surface area (TPSA) is 132 Å². The van der Waals surface area contributed by atoms with Gasteiger partial charge >= 0.3 is 18.2 Å². The number of carbonyl (C=O) groups excluding carboxylic acids is 5. The molecule has 0 saturated carbocycles. The molecular weight excluding hydrogens is 846 g/mol. The van der Waals surface area contributed by atoms with Gasteiger partial charge < -0.3 is 28.4 Å². The lowest BCUT2D eigenvalue weighted by Crippen LogP contribution is -2.69. The van der Waals surface area contributed by atoms with Crippen LogP contribution in [0.15, 0.2) is 128 Å².